The van der Waals surface area contributed by atoms with E-state index in [1.807, 2.05) is 0 Å². The minimum Gasteiger partial charge on any atom is -0.481 e. The van der Waals surface area contributed by atoms with Gasteiger partial charge in [-0.1, -0.05) is 109 Å². The minimum atomic E-state index is -0.987. The monoisotopic (exact) mass is 552 g/mol. The summed E-state index contributed by atoms with van der Waals surface area (Å²) in [6.45, 7) is 34.4. The summed E-state index contributed by atoms with van der Waals surface area (Å²) in [6, 6.07) is 0. The molecule has 0 saturated carbocycles. The molecule has 5 nitrogen and oxygen atoms in total. The summed E-state index contributed by atoms with van der Waals surface area (Å²) in [7, 11) is 0. The molecule has 2 unspecified atom stereocenters. The third-order valence-corrected chi connectivity index (χ3v) is 7.39. The van der Waals surface area contributed by atoms with Gasteiger partial charge in [0.1, 0.15) is 6.10 Å². The molecule has 0 aromatic rings. The Bertz CT molecular complexity index is 761. The second-order valence-corrected chi connectivity index (χ2v) is 15.3. The number of carbonyl (C=O) groups excluding carboxylic acids is 1. The Morgan fingerprint density at radius 1 is 0.718 bits per heavy atom. The molecule has 0 amide bonds. The third kappa shape index (κ3) is 22.9. The van der Waals surface area contributed by atoms with Crippen molar-refractivity contribution in [2.24, 2.45) is 21.7 Å². The first-order valence-corrected chi connectivity index (χ1v) is 14.9. The molecule has 0 rings (SSSR count). The van der Waals surface area contributed by atoms with E-state index in [-0.39, 0.29) is 41.3 Å². The maximum Gasteiger partial charge on any atom is 0.306 e. The van der Waals surface area contributed by atoms with Gasteiger partial charge >= 0.3 is 11.9 Å². The van der Waals surface area contributed by atoms with Gasteiger partial charge < -0.3 is 14.9 Å². The SMILES string of the molecule is C=C(CC(C)(C)CC)C(CCC(C)(C)C)OC(=O)CCC(=O)O.C=C(CC(C)(C)CC)C(O)CCC(C)(C)C. The standard InChI is InChI=1S/C19H34O4.C15H30O/c1-8-19(6,7)13-14(2)15(11-12-18(3,4)5)23-17(22)10-9-16(20)21;1-8-15(6,7)11-12(2)13(16)9-10-14(3,4)5/h15H,2,8-13H2,1,3-7H3,(H,20,21);13,16H,2,8-11H2,1,3-7H3. The molecule has 5 heteroatoms. The van der Waals surface area contributed by atoms with Crippen molar-refractivity contribution in [2.75, 3.05) is 0 Å². The van der Waals surface area contributed by atoms with Gasteiger partial charge in [0.15, 0.2) is 0 Å². The lowest BCUT2D eigenvalue weighted by Gasteiger charge is -2.29. The fraction of sp³-hybridized carbons (Fsp3) is 0.824. The van der Waals surface area contributed by atoms with Crippen molar-refractivity contribution in [3.8, 4) is 0 Å². The molecule has 0 saturated heterocycles. The molecule has 2 atom stereocenters. The highest BCUT2D eigenvalue weighted by Crippen LogP contribution is 2.33. The molecule has 0 radical (unpaired) electrons. The van der Waals surface area contributed by atoms with Crippen molar-refractivity contribution in [1.82, 2.24) is 0 Å². The van der Waals surface area contributed by atoms with Gasteiger partial charge in [0.05, 0.1) is 18.9 Å². The number of hydrogen-bond donors (Lipinski definition) is 2. The number of ether oxygens (including phenoxy) is 1. The maximum atomic E-state index is 11.9. The maximum absolute atomic E-state index is 11.9. The topological polar surface area (TPSA) is 83.8 Å². The zero-order valence-corrected chi connectivity index (χ0v) is 27.8. The molecule has 2 N–H and O–H groups in total. The summed E-state index contributed by atoms with van der Waals surface area (Å²) >= 11 is 0. The smallest absolute Gasteiger partial charge is 0.306 e. The second-order valence-electron chi connectivity index (χ2n) is 15.3. The van der Waals surface area contributed by atoms with Crippen LogP contribution in [0.1, 0.15) is 147 Å². The molecule has 0 aliphatic carbocycles. The lowest BCUT2D eigenvalue weighted by atomic mass is 9.80. The largest absolute Gasteiger partial charge is 0.481 e. The zero-order valence-electron chi connectivity index (χ0n) is 27.8. The normalized spacial score (nSPS) is 14.1. The quantitative estimate of drug-likeness (QED) is 0.147. The summed E-state index contributed by atoms with van der Waals surface area (Å²) in [5, 5.41) is 18.7. The second kappa shape index (κ2) is 17.3. The summed E-state index contributed by atoms with van der Waals surface area (Å²) in [5.41, 5.74) is 2.74. The fourth-order valence-electron chi connectivity index (χ4n) is 3.82. The number of hydrogen-bond acceptors (Lipinski definition) is 4. The lowest BCUT2D eigenvalue weighted by Crippen LogP contribution is -2.25. The Morgan fingerprint density at radius 3 is 1.51 bits per heavy atom. The van der Waals surface area contributed by atoms with Gasteiger partial charge in [0, 0.05) is 0 Å². The van der Waals surface area contributed by atoms with Crippen LogP contribution < -0.4 is 0 Å². The van der Waals surface area contributed by atoms with Gasteiger partial charge in [-0.3, -0.25) is 9.59 Å². The first-order valence-electron chi connectivity index (χ1n) is 14.9. The lowest BCUT2D eigenvalue weighted by molar-refractivity contribution is -0.151. The Labute approximate surface area is 241 Å². The van der Waals surface area contributed by atoms with E-state index in [1.165, 1.54) is 0 Å². The van der Waals surface area contributed by atoms with E-state index in [1.54, 1.807) is 0 Å². The molecular weight excluding hydrogens is 488 g/mol. The molecule has 230 valence electrons. The van der Waals surface area contributed by atoms with E-state index in [0.29, 0.717) is 5.41 Å². The minimum absolute atomic E-state index is 0.0915. The average Bonchev–Trinajstić information content (AvgIpc) is 2.77. The van der Waals surface area contributed by atoms with E-state index < -0.39 is 11.9 Å². The van der Waals surface area contributed by atoms with Crippen molar-refractivity contribution in [1.29, 1.82) is 0 Å². The van der Waals surface area contributed by atoms with Gasteiger partial charge in [-0.2, -0.15) is 0 Å². The Hall–Kier alpha value is -1.62. The Morgan fingerprint density at radius 2 is 1.13 bits per heavy atom. The number of rotatable bonds is 16. The van der Waals surface area contributed by atoms with Crippen LogP contribution >= 0.6 is 0 Å². The van der Waals surface area contributed by atoms with Crippen molar-refractivity contribution >= 4 is 11.9 Å². The van der Waals surface area contributed by atoms with Crippen LogP contribution in [-0.4, -0.2) is 34.4 Å². The molecule has 0 bridgehead atoms. The van der Waals surface area contributed by atoms with Crippen LogP contribution in [0.25, 0.3) is 0 Å². The molecule has 0 spiro atoms. The zero-order chi connectivity index (χ0) is 31.2. The number of esters is 1. The highest BCUT2D eigenvalue weighted by Gasteiger charge is 2.26. The first-order chi connectivity index (χ1) is 17.4. The number of aliphatic hydroxyl groups excluding tert-OH is 1. The van der Waals surface area contributed by atoms with Gasteiger partial charge in [0.2, 0.25) is 0 Å². The summed E-state index contributed by atoms with van der Waals surface area (Å²) < 4.78 is 5.55. The van der Waals surface area contributed by atoms with E-state index in [2.05, 4.69) is 96.2 Å². The van der Waals surface area contributed by atoms with Crippen molar-refractivity contribution < 1.29 is 24.5 Å². The van der Waals surface area contributed by atoms with Crippen LogP contribution in [0, 0.1) is 21.7 Å². The van der Waals surface area contributed by atoms with Crippen molar-refractivity contribution in [3.05, 3.63) is 24.3 Å². The molecule has 0 aliphatic heterocycles. The number of carbonyl (C=O) groups is 2. The summed E-state index contributed by atoms with van der Waals surface area (Å²) in [4.78, 5) is 22.5. The van der Waals surface area contributed by atoms with Gasteiger partial charge in [0.25, 0.3) is 0 Å². The Kier molecular flexibility index (Phi) is 17.5. The summed E-state index contributed by atoms with van der Waals surface area (Å²) in [5.74, 6) is -1.44. The molecule has 0 aromatic heterocycles. The van der Waals surface area contributed by atoms with Crippen LogP contribution in [0.2, 0.25) is 0 Å². The average molecular weight is 553 g/mol. The molecule has 0 fully saturated rings. The molecule has 0 aromatic carbocycles. The number of carboxylic acids is 1. The van der Waals surface area contributed by atoms with Crippen molar-refractivity contribution in [3.63, 3.8) is 0 Å². The van der Waals surface area contributed by atoms with E-state index in [4.69, 9.17) is 9.84 Å². The van der Waals surface area contributed by atoms with Crippen LogP contribution in [0.4, 0.5) is 0 Å². The number of aliphatic carboxylic acids is 1. The molecule has 0 aliphatic rings. The Balaban J connectivity index is 0. The highest BCUT2D eigenvalue weighted by molar-refractivity contribution is 5.76. The van der Waals surface area contributed by atoms with Gasteiger partial charge in [-0.15, -0.1) is 0 Å². The molecular formula is C34H64O5. The third-order valence-electron chi connectivity index (χ3n) is 7.39. The number of aliphatic hydroxyl groups is 1. The van der Waals surface area contributed by atoms with E-state index in [0.717, 1.165) is 62.5 Å². The van der Waals surface area contributed by atoms with E-state index in [9.17, 15) is 14.7 Å². The predicted octanol–water partition coefficient (Wildman–Crippen LogP) is 9.53. The fourth-order valence-corrected chi connectivity index (χ4v) is 3.82. The molecule has 0 heterocycles. The van der Waals surface area contributed by atoms with Crippen LogP contribution in [0.5, 0.6) is 0 Å². The van der Waals surface area contributed by atoms with Crippen molar-refractivity contribution in [2.45, 2.75) is 160 Å². The van der Waals surface area contributed by atoms with Crippen LogP contribution in [-0.2, 0) is 14.3 Å². The van der Waals surface area contributed by atoms with Gasteiger partial charge in [-0.25, -0.2) is 0 Å². The molecule has 39 heavy (non-hydrogen) atoms. The van der Waals surface area contributed by atoms with E-state index >= 15 is 0 Å². The summed E-state index contributed by atoms with van der Waals surface area (Å²) in [6.07, 6.45) is 6.43. The van der Waals surface area contributed by atoms with Crippen LogP contribution in [0.3, 0.4) is 0 Å². The van der Waals surface area contributed by atoms with Crippen LogP contribution in [0.15, 0.2) is 24.3 Å². The number of carboxylic acid groups (broad SMARTS) is 1. The van der Waals surface area contributed by atoms with Gasteiger partial charge in [-0.05, 0) is 71.3 Å². The predicted molar refractivity (Wildman–Crippen MR) is 166 cm³/mol. The highest BCUT2D eigenvalue weighted by atomic mass is 16.5. The first kappa shape index (κ1) is 39.5.